The van der Waals surface area contributed by atoms with E-state index in [4.69, 9.17) is 9.47 Å². The Balaban J connectivity index is 1.18. The molecule has 36 heavy (non-hydrogen) atoms. The number of benzene rings is 2. The van der Waals surface area contributed by atoms with E-state index in [0.29, 0.717) is 23.4 Å². The highest BCUT2D eigenvalue weighted by Crippen LogP contribution is 2.46. The molecule has 0 atom stereocenters. The Bertz CT molecular complexity index is 1390. The fourth-order valence-corrected chi connectivity index (χ4v) is 5.37. The van der Waals surface area contributed by atoms with Crippen LogP contribution in [0.1, 0.15) is 40.0 Å². The standard InChI is InChI=1S/C27H30N4O5/c1-17-3-2-4-18-11-19(32)12-20(23(17)18)25(34)31-13-21-22(14-31)28-26(29-24(21)33)36-16-27(5-6-27)15-30-7-9-35-10-8-30/h2-4,11-12,32H,5-10,13-16H2,1H3,(H,28,29,33). The number of amides is 1. The van der Waals surface area contributed by atoms with Gasteiger partial charge in [-0.05, 0) is 48.2 Å². The van der Waals surface area contributed by atoms with E-state index in [2.05, 4.69) is 14.9 Å². The molecular formula is C27H30N4O5. The van der Waals surface area contributed by atoms with Gasteiger partial charge < -0.3 is 19.5 Å². The average molecular weight is 491 g/mol. The van der Waals surface area contributed by atoms with Crippen molar-refractivity contribution in [3.63, 3.8) is 0 Å². The van der Waals surface area contributed by atoms with Crippen LogP contribution in [0.5, 0.6) is 11.8 Å². The van der Waals surface area contributed by atoms with E-state index in [1.807, 2.05) is 25.1 Å². The van der Waals surface area contributed by atoms with Crippen LogP contribution < -0.4 is 10.3 Å². The fraction of sp³-hybridized carbons (Fsp3) is 0.444. The van der Waals surface area contributed by atoms with Gasteiger partial charge in [-0.3, -0.25) is 19.5 Å². The van der Waals surface area contributed by atoms with Crippen LogP contribution in [0.3, 0.4) is 0 Å². The summed E-state index contributed by atoms with van der Waals surface area (Å²) in [6, 6.07) is 9.07. The summed E-state index contributed by atoms with van der Waals surface area (Å²) < 4.78 is 11.4. The van der Waals surface area contributed by atoms with Crippen LogP contribution in [0.25, 0.3) is 10.8 Å². The quantitative estimate of drug-likeness (QED) is 0.547. The maximum atomic E-state index is 13.5. The van der Waals surface area contributed by atoms with Crippen LogP contribution >= 0.6 is 0 Å². The molecule has 3 aromatic rings. The largest absolute Gasteiger partial charge is 0.508 e. The Morgan fingerprint density at radius 2 is 2.03 bits per heavy atom. The normalized spacial score (nSPS) is 18.9. The number of hydrogen-bond donors (Lipinski definition) is 2. The number of rotatable bonds is 6. The summed E-state index contributed by atoms with van der Waals surface area (Å²) in [5, 5.41) is 11.8. The molecule has 9 heteroatoms. The van der Waals surface area contributed by atoms with Crippen molar-refractivity contribution < 1.29 is 19.4 Å². The van der Waals surface area contributed by atoms with Gasteiger partial charge in [-0.15, -0.1) is 0 Å². The number of aryl methyl sites for hydroxylation is 1. The summed E-state index contributed by atoms with van der Waals surface area (Å²) in [7, 11) is 0. The van der Waals surface area contributed by atoms with Gasteiger partial charge in [0.05, 0.1) is 49.7 Å². The van der Waals surface area contributed by atoms with Gasteiger partial charge in [-0.1, -0.05) is 18.2 Å². The van der Waals surface area contributed by atoms with Gasteiger partial charge >= 0.3 is 0 Å². The molecule has 1 amide bonds. The maximum absolute atomic E-state index is 13.5. The summed E-state index contributed by atoms with van der Waals surface area (Å²) in [6.45, 7) is 7.21. The Labute approximate surface area is 208 Å². The molecule has 1 saturated carbocycles. The molecule has 2 fully saturated rings. The molecule has 1 saturated heterocycles. The third kappa shape index (κ3) is 4.33. The smallest absolute Gasteiger partial charge is 0.296 e. The molecule has 3 heterocycles. The first kappa shape index (κ1) is 23.0. The molecule has 1 aliphatic carbocycles. The summed E-state index contributed by atoms with van der Waals surface area (Å²) in [5.74, 6) is -0.210. The number of nitrogens with zero attached hydrogens (tertiary/aromatic N) is 3. The summed E-state index contributed by atoms with van der Waals surface area (Å²) in [6.07, 6.45) is 2.19. The molecule has 188 valence electrons. The van der Waals surface area contributed by atoms with Gasteiger partial charge in [-0.2, -0.15) is 4.98 Å². The van der Waals surface area contributed by atoms with E-state index < -0.39 is 0 Å². The second-order valence-electron chi connectivity index (χ2n) is 10.3. The first-order valence-electron chi connectivity index (χ1n) is 12.5. The number of aromatic amines is 1. The number of nitrogens with one attached hydrogen (secondary N) is 1. The number of phenols is 1. The van der Waals surface area contributed by atoms with Crippen LogP contribution in [0.2, 0.25) is 0 Å². The van der Waals surface area contributed by atoms with Gasteiger partial charge in [0, 0.05) is 25.0 Å². The highest BCUT2D eigenvalue weighted by atomic mass is 16.5. The number of ether oxygens (including phenoxy) is 2. The number of fused-ring (bicyclic) bond motifs is 2. The lowest BCUT2D eigenvalue weighted by molar-refractivity contribution is 0.0231. The minimum atomic E-state index is -0.278. The zero-order chi connectivity index (χ0) is 24.9. The maximum Gasteiger partial charge on any atom is 0.296 e. The molecule has 0 radical (unpaired) electrons. The van der Waals surface area contributed by atoms with E-state index in [1.165, 1.54) is 6.07 Å². The van der Waals surface area contributed by atoms with Gasteiger partial charge in [0.15, 0.2) is 0 Å². The number of H-pyrrole nitrogens is 1. The second kappa shape index (κ2) is 8.90. The molecule has 9 nitrogen and oxygen atoms in total. The number of aromatic hydroxyl groups is 1. The van der Waals surface area contributed by atoms with Crippen LogP contribution in [0.15, 0.2) is 35.1 Å². The van der Waals surface area contributed by atoms with Gasteiger partial charge in [0.25, 0.3) is 17.5 Å². The Kier molecular flexibility index (Phi) is 5.69. The van der Waals surface area contributed by atoms with Crippen molar-refractivity contribution >= 4 is 16.7 Å². The number of aromatic nitrogens is 2. The van der Waals surface area contributed by atoms with Crippen LogP contribution in [0.4, 0.5) is 0 Å². The SMILES string of the molecule is Cc1cccc2cc(O)cc(C(=O)N3Cc4nc(OCC5(CN6CCOCC6)CC5)[nH]c(=O)c4C3)c12. The van der Waals surface area contributed by atoms with Gasteiger partial charge in [0.2, 0.25) is 0 Å². The summed E-state index contributed by atoms with van der Waals surface area (Å²) in [4.78, 5) is 37.7. The molecule has 0 spiro atoms. The van der Waals surface area contributed by atoms with Crippen LogP contribution in [-0.4, -0.2) is 70.2 Å². The predicted octanol–water partition coefficient (Wildman–Crippen LogP) is 2.58. The summed E-state index contributed by atoms with van der Waals surface area (Å²) in [5.41, 5.74) is 2.23. The van der Waals surface area contributed by atoms with Crippen molar-refractivity contribution in [1.29, 1.82) is 0 Å². The number of carbonyl (C=O) groups excluding carboxylic acids is 1. The second-order valence-corrected chi connectivity index (χ2v) is 10.3. The minimum absolute atomic E-state index is 0.0332. The molecule has 1 aromatic heterocycles. The molecule has 2 N–H and O–H groups in total. The van der Waals surface area contributed by atoms with Crippen LogP contribution in [0, 0.1) is 12.3 Å². The molecule has 6 rings (SSSR count). The van der Waals surface area contributed by atoms with E-state index >= 15 is 0 Å². The number of hydrogen-bond acceptors (Lipinski definition) is 7. The van der Waals surface area contributed by atoms with E-state index in [9.17, 15) is 14.7 Å². The van der Waals surface area contributed by atoms with Crippen molar-refractivity contribution in [2.45, 2.75) is 32.9 Å². The topological polar surface area (TPSA) is 108 Å². The first-order chi connectivity index (χ1) is 17.4. The van der Waals surface area contributed by atoms with E-state index in [0.717, 1.165) is 62.0 Å². The lowest BCUT2D eigenvalue weighted by atomic mass is 9.98. The molecular weight excluding hydrogens is 460 g/mol. The van der Waals surface area contributed by atoms with Crippen LogP contribution in [-0.2, 0) is 17.8 Å². The van der Waals surface area contributed by atoms with Crippen molar-refractivity contribution in [1.82, 2.24) is 19.8 Å². The molecule has 0 unspecified atom stereocenters. The van der Waals surface area contributed by atoms with Gasteiger partial charge in [0.1, 0.15) is 5.75 Å². The fourth-order valence-electron chi connectivity index (χ4n) is 5.37. The lowest BCUT2D eigenvalue weighted by Crippen LogP contribution is -2.41. The van der Waals surface area contributed by atoms with Crippen molar-refractivity contribution in [3.8, 4) is 11.8 Å². The molecule has 0 bridgehead atoms. The number of phenolic OH excluding ortho intramolecular Hbond substituents is 1. The highest BCUT2D eigenvalue weighted by molar-refractivity contribution is 6.09. The average Bonchev–Trinajstić information content (AvgIpc) is 3.48. The van der Waals surface area contributed by atoms with E-state index in [1.54, 1.807) is 11.0 Å². The third-order valence-electron chi connectivity index (χ3n) is 7.59. The number of morpholine rings is 1. The monoisotopic (exact) mass is 490 g/mol. The van der Waals surface area contributed by atoms with Crippen molar-refractivity contribution in [2.24, 2.45) is 5.41 Å². The molecule has 3 aliphatic rings. The zero-order valence-electron chi connectivity index (χ0n) is 20.4. The molecule has 2 aliphatic heterocycles. The zero-order valence-corrected chi connectivity index (χ0v) is 20.4. The summed E-state index contributed by atoms with van der Waals surface area (Å²) >= 11 is 0. The third-order valence-corrected chi connectivity index (χ3v) is 7.59. The first-order valence-corrected chi connectivity index (χ1v) is 12.5. The van der Waals surface area contributed by atoms with E-state index in [-0.39, 0.29) is 41.7 Å². The number of carbonyl (C=O) groups is 1. The highest BCUT2D eigenvalue weighted by Gasteiger charge is 2.45. The lowest BCUT2D eigenvalue weighted by Gasteiger charge is -2.30. The Morgan fingerprint density at radius 1 is 1.22 bits per heavy atom. The Hall–Kier alpha value is -3.43. The van der Waals surface area contributed by atoms with Crippen molar-refractivity contribution in [2.75, 3.05) is 39.5 Å². The molecule has 2 aromatic carbocycles. The van der Waals surface area contributed by atoms with Crippen molar-refractivity contribution in [3.05, 3.63) is 63.1 Å². The minimum Gasteiger partial charge on any atom is -0.508 e. The predicted molar refractivity (Wildman–Crippen MR) is 133 cm³/mol. The Morgan fingerprint density at radius 3 is 2.81 bits per heavy atom. The van der Waals surface area contributed by atoms with Gasteiger partial charge in [-0.25, -0.2) is 0 Å².